The summed E-state index contributed by atoms with van der Waals surface area (Å²) >= 11 is 1.29. The maximum absolute atomic E-state index is 12.0. The van der Waals surface area contributed by atoms with E-state index in [4.69, 9.17) is 5.73 Å². The highest BCUT2D eigenvalue weighted by atomic mass is 32.1. The fraction of sp³-hybridized carbons (Fsp3) is 0.400. The van der Waals surface area contributed by atoms with Gasteiger partial charge in [0.05, 0.1) is 0 Å². The van der Waals surface area contributed by atoms with Crippen LogP contribution in [-0.2, 0) is 0 Å². The number of carbonyl (C=O) groups is 1. The Labute approximate surface area is 92.4 Å². The van der Waals surface area contributed by atoms with Crippen molar-refractivity contribution in [2.24, 2.45) is 0 Å². The SMILES string of the molecule is C=CCN(C(=O)c1csc(N)n1)C1CC1. The summed E-state index contributed by atoms with van der Waals surface area (Å²) in [5.74, 6) is -0.0367. The van der Waals surface area contributed by atoms with E-state index in [0.717, 1.165) is 12.8 Å². The molecule has 1 saturated carbocycles. The molecule has 0 aliphatic heterocycles. The zero-order valence-corrected chi connectivity index (χ0v) is 9.17. The summed E-state index contributed by atoms with van der Waals surface area (Å²) in [4.78, 5) is 17.8. The van der Waals surface area contributed by atoms with Gasteiger partial charge in [-0.3, -0.25) is 4.79 Å². The number of anilines is 1. The lowest BCUT2D eigenvalue weighted by Gasteiger charge is -2.19. The highest BCUT2D eigenvalue weighted by Gasteiger charge is 2.32. The Morgan fingerprint density at radius 3 is 3.00 bits per heavy atom. The molecule has 0 unspecified atom stereocenters. The number of rotatable bonds is 4. The first-order valence-electron chi connectivity index (χ1n) is 4.85. The lowest BCUT2D eigenvalue weighted by Crippen LogP contribution is -2.33. The molecule has 1 aliphatic carbocycles. The van der Waals surface area contributed by atoms with E-state index in [0.29, 0.717) is 23.4 Å². The molecule has 2 N–H and O–H groups in total. The van der Waals surface area contributed by atoms with Gasteiger partial charge in [0, 0.05) is 18.0 Å². The van der Waals surface area contributed by atoms with Crippen molar-refractivity contribution in [3.63, 3.8) is 0 Å². The molecule has 0 saturated heterocycles. The monoisotopic (exact) mass is 223 g/mol. The standard InChI is InChI=1S/C10H13N3OS/c1-2-5-13(7-3-4-7)9(14)8-6-15-10(11)12-8/h2,6-7H,1,3-5H2,(H2,11,12). The van der Waals surface area contributed by atoms with Gasteiger partial charge in [-0.15, -0.1) is 17.9 Å². The molecule has 4 nitrogen and oxygen atoms in total. The van der Waals surface area contributed by atoms with E-state index in [1.54, 1.807) is 11.5 Å². The molecule has 5 heteroatoms. The second kappa shape index (κ2) is 4.02. The Morgan fingerprint density at radius 1 is 1.80 bits per heavy atom. The van der Waals surface area contributed by atoms with Gasteiger partial charge < -0.3 is 10.6 Å². The first-order chi connectivity index (χ1) is 7.22. The van der Waals surface area contributed by atoms with Crippen LogP contribution in [-0.4, -0.2) is 28.4 Å². The number of nitrogen functional groups attached to an aromatic ring is 1. The maximum atomic E-state index is 12.0. The normalized spacial score (nSPS) is 14.9. The van der Waals surface area contributed by atoms with Crippen molar-refractivity contribution in [2.45, 2.75) is 18.9 Å². The van der Waals surface area contributed by atoms with Crippen LogP contribution in [0.5, 0.6) is 0 Å². The molecule has 80 valence electrons. The van der Waals surface area contributed by atoms with E-state index in [9.17, 15) is 4.79 Å². The summed E-state index contributed by atoms with van der Waals surface area (Å²) < 4.78 is 0. The van der Waals surface area contributed by atoms with E-state index < -0.39 is 0 Å². The largest absolute Gasteiger partial charge is 0.375 e. The molecule has 15 heavy (non-hydrogen) atoms. The Hall–Kier alpha value is -1.36. The third kappa shape index (κ3) is 2.18. The number of hydrogen-bond acceptors (Lipinski definition) is 4. The summed E-state index contributed by atoms with van der Waals surface area (Å²) in [6.07, 6.45) is 3.91. The fourth-order valence-corrected chi connectivity index (χ4v) is 1.99. The van der Waals surface area contributed by atoms with Crippen LogP contribution in [0.4, 0.5) is 5.13 Å². The van der Waals surface area contributed by atoms with Crippen molar-refractivity contribution < 1.29 is 4.79 Å². The predicted molar refractivity (Wildman–Crippen MR) is 60.8 cm³/mol. The van der Waals surface area contributed by atoms with Crippen molar-refractivity contribution in [1.82, 2.24) is 9.88 Å². The summed E-state index contributed by atoms with van der Waals surface area (Å²) in [5.41, 5.74) is 5.95. The van der Waals surface area contributed by atoms with Gasteiger partial charge in [-0.1, -0.05) is 6.08 Å². The summed E-state index contributed by atoms with van der Waals surface area (Å²) in [5, 5.41) is 2.14. The van der Waals surface area contributed by atoms with Crippen molar-refractivity contribution in [2.75, 3.05) is 12.3 Å². The molecular weight excluding hydrogens is 210 g/mol. The second-order valence-electron chi connectivity index (χ2n) is 3.55. The minimum atomic E-state index is -0.0367. The van der Waals surface area contributed by atoms with Gasteiger partial charge in [0.25, 0.3) is 5.91 Å². The topological polar surface area (TPSA) is 59.2 Å². The maximum Gasteiger partial charge on any atom is 0.273 e. The quantitative estimate of drug-likeness (QED) is 0.787. The van der Waals surface area contributed by atoms with Crippen LogP contribution < -0.4 is 5.73 Å². The average Bonchev–Trinajstić information content (AvgIpc) is 2.96. The molecule has 1 amide bonds. The van der Waals surface area contributed by atoms with Crippen LogP contribution in [0, 0.1) is 0 Å². The minimum Gasteiger partial charge on any atom is -0.375 e. The molecule has 1 aromatic rings. The second-order valence-corrected chi connectivity index (χ2v) is 4.44. The number of nitrogens with two attached hydrogens (primary N) is 1. The fourth-order valence-electron chi connectivity index (χ4n) is 1.46. The first-order valence-corrected chi connectivity index (χ1v) is 5.73. The Kier molecular flexibility index (Phi) is 2.73. The number of nitrogens with zero attached hydrogens (tertiary/aromatic N) is 2. The van der Waals surface area contributed by atoms with Gasteiger partial charge in [-0.25, -0.2) is 4.98 Å². The Bertz CT molecular complexity index is 384. The van der Waals surface area contributed by atoms with Crippen molar-refractivity contribution in [1.29, 1.82) is 0 Å². The lowest BCUT2D eigenvalue weighted by molar-refractivity contribution is 0.0757. The number of aromatic nitrogens is 1. The zero-order valence-electron chi connectivity index (χ0n) is 8.35. The van der Waals surface area contributed by atoms with Crippen LogP contribution in [0.1, 0.15) is 23.3 Å². The molecule has 0 bridgehead atoms. The number of thiazole rings is 1. The molecule has 0 atom stereocenters. The zero-order chi connectivity index (χ0) is 10.8. The van der Waals surface area contributed by atoms with Crippen LogP contribution in [0.25, 0.3) is 0 Å². The van der Waals surface area contributed by atoms with E-state index in [1.807, 2.05) is 4.90 Å². The van der Waals surface area contributed by atoms with E-state index >= 15 is 0 Å². The van der Waals surface area contributed by atoms with Gasteiger partial charge in [0.1, 0.15) is 5.69 Å². The van der Waals surface area contributed by atoms with Crippen LogP contribution in [0.2, 0.25) is 0 Å². The lowest BCUT2D eigenvalue weighted by atomic mass is 10.3. The Balaban J connectivity index is 2.13. The third-order valence-electron chi connectivity index (χ3n) is 2.32. The molecular formula is C10H13N3OS. The number of hydrogen-bond donors (Lipinski definition) is 1. The smallest absolute Gasteiger partial charge is 0.273 e. The highest BCUT2D eigenvalue weighted by Crippen LogP contribution is 2.28. The molecule has 1 aliphatic rings. The Morgan fingerprint density at radius 2 is 2.53 bits per heavy atom. The van der Waals surface area contributed by atoms with Crippen LogP contribution in [0.15, 0.2) is 18.0 Å². The van der Waals surface area contributed by atoms with Gasteiger partial charge in [-0.05, 0) is 12.8 Å². The summed E-state index contributed by atoms with van der Waals surface area (Å²) in [6, 6.07) is 0.374. The summed E-state index contributed by atoms with van der Waals surface area (Å²) in [7, 11) is 0. The van der Waals surface area contributed by atoms with E-state index in [1.165, 1.54) is 11.3 Å². The van der Waals surface area contributed by atoms with Gasteiger partial charge >= 0.3 is 0 Å². The van der Waals surface area contributed by atoms with Crippen molar-refractivity contribution in [3.05, 3.63) is 23.7 Å². The number of carbonyl (C=O) groups excluding carboxylic acids is 1. The molecule has 1 aromatic heterocycles. The van der Waals surface area contributed by atoms with E-state index in [2.05, 4.69) is 11.6 Å². The van der Waals surface area contributed by atoms with Gasteiger partial charge in [0.15, 0.2) is 5.13 Å². The van der Waals surface area contributed by atoms with Gasteiger partial charge in [0.2, 0.25) is 0 Å². The molecule has 0 aromatic carbocycles. The van der Waals surface area contributed by atoms with Crippen LogP contribution in [0.3, 0.4) is 0 Å². The van der Waals surface area contributed by atoms with E-state index in [-0.39, 0.29) is 5.91 Å². The molecule has 0 radical (unpaired) electrons. The minimum absolute atomic E-state index is 0.0367. The molecule has 2 rings (SSSR count). The molecule has 0 spiro atoms. The third-order valence-corrected chi connectivity index (χ3v) is 2.99. The van der Waals surface area contributed by atoms with Gasteiger partial charge in [-0.2, -0.15) is 0 Å². The average molecular weight is 223 g/mol. The summed E-state index contributed by atoms with van der Waals surface area (Å²) in [6.45, 7) is 4.24. The highest BCUT2D eigenvalue weighted by molar-refractivity contribution is 7.13. The van der Waals surface area contributed by atoms with Crippen LogP contribution >= 0.6 is 11.3 Å². The molecule has 1 fully saturated rings. The van der Waals surface area contributed by atoms with Crippen molar-refractivity contribution in [3.8, 4) is 0 Å². The predicted octanol–water partition coefficient (Wildman–Crippen LogP) is 1.52. The number of amides is 1. The van der Waals surface area contributed by atoms with Crippen molar-refractivity contribution >= 4 is 22.4 Å². The molecule has 1 heterocycles. The first kappa shape index (κ1) is 10.2.